The van der Waals surface area contributed by atoms with Gasteiger partial charge in [-0.15, -0.1) is 0 Å². The summed E-state index contributed by atoms with van der Waals surface area (Å²) in [7, 11) is 4.01. The molecule has 0 atom stereocenters. The van der Waals surface area contributed by atoms with Crippen molar-refractivity contribution in [3.8, 4) is 0 Å². The topological polar surface area (TPSA) is 23.6 Å². The number of benzene rings is 2. The predicted molar refractivity (Wildman–Crippen MR) is 95.1 cm³/mol. The molecule has 3 rings (SSSR count). The Kier molecular flexibility index (Phi) is 4.65. The van der Waals surface area contributed by atoms with Gasteiger partial charge in [0.25, 0.3) is 5.91 Å². The molecule has 0 spiro atoms. The Morgan fingerprint density at radius 1 is 0.957 bits per heavy atom. The molecule has 23 heavy (non-hydrogen) atoms. The van der Waals surface area contributed by atoms with Crippen molar-refractivity contribution in [3.05, 3.63) is 65.7 Å². The molecule has 1 aliphatic rings. The third-order valence-electron chi connectivity index (χ3n) is 4.68. The lowest BCUT2D eigenvalue weighted by atomic mass is 9.89. The van der Waals surface area contributed by atoms with Crippen LogP contribution in [0.3, 0.4) is 0 Å². The monoisotopic (exact) mass is 308 g/mol. The van der Waals surface area contributed by atoms with Gasteiger partial charge in [0, 0.05) is 38.4 Å². The third kappa shape index (κ3) is 3.55. The molecule has 3 nitrogen and oxygen atoms in total. The molecule has 3 heteroatoms. The quantitative estimate of drug-likeness (QED) is 0.861. The molecule has 0 N–H and O–H groups in total. The fourth-order valence-corrected chi connectivity index (χ4v) is 3.23. The molecule has 120 valence electrons. The molecule has 0 aromatic heterocycles. The maximum Gasteiger partial charge on any atom is 0.253 e. The fourth-order valence-electron chi connectivity index (χ4n) is 3.23. The summed E-state index contributed by atoms with van der Waals surface area (Å²) in [6.45, 7) is 1.68. The number of piperidine rings is 1. The van der Waals surface area contributed by atoms with E-state index in [1.165, 1.54) is 5.56 Å². The molecule has 2 aromatic rings. The molecule has 1 saturated heterocycles. The van der Waals surface area contributed by atoms with Gasteiger partial charge in [-0.2, -0.15) is 0 Å². The number of nitrogens with zero attached hydrogens (tertiary/aromatic N) is 2. The number of likely N-dealkylation sites (tertiary alicyclic amines) is 1. The van der Waals surface area contributed by atoms with Crippen LogP contribution in [0.15, 0.2) is 54.6 Å². The van der Waals surface area contributed by atoms with Gasteiger partial charge in [0.15, 0.2) is 0 Å². The summed E-state index contributed by atoms with van der Waals surface area (Å²) in [5.41, 5.74) is 3.30. The summed E-state index contributed by atoms with van der Waals surface area (Å²) in [6.07, 6.45) is 2.09. The van der Waals surface area contributed by atoms with Gasteiger partial charge < -0.3 is 9.80 Å². The molecule has 1 amide bonds. The van der Waals surface area contributed by atoms with E-state index in [0.29, 0.717) is 5.92 Å². The molecule has 1 fully saturated rings. The zero-order valence-electron chi connectivity index (χ0n) is 13.9. The van der Waals surface area contributed by atoms with Crippen molar-refractivity contribution in [1.29, 1.82) is 0 Å². The number of anilines is 1. The maximum atomic E-state index is 12.6. The van der Waals surface area contributed by atoms with Crippen molar-refractivity contribution in [2.75, 3.05) is 32.1 Å². The van der Waals surface area contributed by atoms with Crippen LogP contribution in [-0.4, -0.2) is 38.0 Å². The Hall–Kier alpha value is -2.29. The van der Waals surface area contributed by atoms with E-state index >= 15 is 0 Å². The number of rotatable bonds is 3. The summed E-state index contributed by atoms with van der Waals surface area (Å²) in [5.74, 6) is 0.734. The standard InChI is InChI=1S/C20H24N2O/c1-21(2)19-10-8-18(9-11-19)20(23)22-14-12-17(13-15-22)16-6-4-3-5-7-16/h3-11,17H,12-15H2,1-2H3. The molecule has 0 bridgehead atoms. The van der Waals surface area contributed by atoms with Gasteiger partial charge in [-0.05, 0) is 48.6 Å². The highest BCUT2D eigenvalue weighted by Crippen LogP contribution is 2.28. The number of carbonyl (C=O) groups excluding carboxylic acids is 1. The van der Waals surface area contributed by atoms with Crippen LogP contribution in [0.2, 0.25) is 0 Å². The first-order valence-corrected chi connectivity index (χ1v) is 8.27. The molecule has 0 saturated carbocycles. The highest BCUT2D eigenvalue weighted by atomic mass is 16.2. The smallest absolute Gasteiger partial charge is 0.253 e. The molecule has 0 unspecified atom stereocenters. The van der Waals surface area contributed by atoms with Crippen molar-refractivity contribution >= 4 is 11.6 Å². The van der Waals surface area contributed by atoms with Gasteiger partial charge in [-0.3, -0.25) is 4.79 Å². The van der Waals surface area contributed by atoms with E-state index < -0.39 is 0 Å². The van der Waals surface area contributed by atoms with Crippen LogP contribution in [0.1, 0.15) is 34.7 Å². The molecular formula is C20H24N2O. The van der Waals surface area contributed by atoms with Crippen LogP contribution in [0.5, 0.6) is 0 Å². The minimum Gasteiger partial charge on any atom is -0.378 e. The summed E-state index contributed by atoms with van der Waals surface area (Å²) in [6, 6.07) is 18.5. The third-order valence-corrected chi connectivity index (χ3v) is 4.68. The average Bonchev–Trinajstić information content (AvgIpc) is 2.62. The molecular weight excluding hydrogens is 284 g/mol. The van der Waals surface area contributed by atoms with Gasteiger partial charge in [0.2, 0.25) is 0 Å². The molecule has 1 heterocycles. The minimum atomic E-state index is 0.154. The summed E-state index contributed by atoms with van der Waals surface area (Å²) in [5, 5.41) is 0. The second-order valence-corrected chi connectivity index (χ2v) is 6.42. The fraction of sp³-hybridized carbons (Fsp3) is 0.350. The van der Waals surface area contributed by atoms with Gasteiger partial charge >= 0.3 is 0 Å². The molecule has 0 aliphatic carbocycles. The predicted octanol–water partition coefficient (Wildman–Crippen LogP) is 3.77. The Bertz CT molecular complexity index is 641. The van der Waals surface area contributed by atoms with E-state index in [9.17, 15) is 4.79 Å². The molecule has 1 aliphatic heterocycles. The molecule has 2 aromatic carbocycles. The Balaban J connectivity index is 1.62. The second-order valence-electron chi connectivity index (χ2n) is 6.42. The summed E-state index contributed by atoms with van der Waals surface area (Å²) < 4.78 is 0. The van der Waals surface area contributed by atoms with E-state index in [2.05, 4.69) is 30.3 Å². The van der Waals surface area contributed by atoms with E-state index in [4.69, 9.17) is 0 Å². The van der Waals surface area contributed by atoms with Crippen molar-refractivity contribution in [2.45, 2.75) is 18.8 Å². The van der Waals surface area contributed by atoms with Crippen molar-refractivity contribution < 1.29 is 4.79 Å². The number of hydrogen-bond acceptors (Lipinski definition) is 2. The zero-order valence-corrected chi connectivity index (χ0v) is 13.9. The number of amides is 1. The van der Waals surface area contributed by atoms with Crippen molar-refractivity contribution in [2.24, 2.45) is 0 Å². The first-order valence-electron chi connectivity index (χ1n) is 8.27. The normalized spacial score (nSPS) is 15.5. The lowest BCUT2D eigenvalue weighted by Gasteiger charge is -2.32. The van der Waals surface area contributed by atoms with Crippen LogP contribution in [0.4, 0.5) is 5.69 Å². The van der Waals surface area contributed by atoms with Gasteiger partial charge in [-0.25, -0.2) is 0 Å². The first-order chi connectivity index (χ1) is 11.1. The van der Waals surface area contributed by atoms with E-state index in [-0.39, 0.29) is 5.91 Å². The van der Waals surface area contributed by atoms with Gasteiger partial charge in [-0.1, -0.05) is 30.3 Å². The number of hydrogen-bond donors (Lipinski definition) is 0. The van der Waals surface area contributed by atoms with Crippen LogP contribution in [-0.2, 0) is 0 Å². The highest BCUT2D eigenvalue weighted by molar-refractivity contribution is 5.94. The zero-order chi connectivity index (χ0) is 16.2. The largest absolute Gasteiger partial charge is 0.378 e. The van der Waals surface area contributed by atoms with Gasteiger partial charge in [0.05, 0.1) is 0 Å². The van der Waals surface area contributed by atoms with Crippen molar-refractivity contribution in [1.82, 2.24) is 4.90 Å². The Morgan fingerprint density at radius 2 is 1.57 bits per heavy atom. The van der Waals surface area contributed by atoms with Crippen LogP contribution >= 0.6 is 0 Å². The maximum absolute atomic E-state index is 12.6. The van der Waals surface area contributed by atoms with Gasteiger partial charge in [0.1, 0.15) is 0 Å². The highest BCUT2D eigenvalue weighted by Gasteiger charge is 2.24. The average molecular weight is 308 g/mol. The van der Waals surface area contributed by atoms with Crippen LogP contribution in [0.25, 0.3) is 0 Å². The van der Waals surface area contributed by atoms with E-state index in [1.54, 1.807) is 0 Å². The first kappa shape index (κ1) is 15.6. The number of carbonyl (C=O) groups is 1. The van der Waals surface area contributed by atoms with Crippen LogP contribution in [0, 0.1) is 0 Å². The lowest BCUT2D eigenvalue weighted by Crippen LogP contribution is -2.37. The minimum absolute atomic E-state index is 0.154. The Labute approximate surface area is 138 Å². The van der Waals surface area contributed by atoms with E-state index in [1.807, 2.05) is 48.2 Å². The lowest BCUT2D eigenvalue weighted by molar-refractivity contribution is 0.0713. The summed E-state index contributed by atoms with van der Waals surface area (Å²) in [4.78, 5) is 16.7. The Morgan fingerprint density at radius 3 is 2.13 bits per heavy atom. The van der Waals surface area contributed by atoms with Crippen molar-refractivity contribution in [3.63, 3.8) is 0 Å². The van der Waals surface area contributed by atoms with E-state index in [0.717, 1.165) is 37.2 Å². The van der Waals surface area contributed by atoms with Crippen LogP contribution < -0.4 is 4.90 Å². The second kappa shape index (κ2) is 6.86. The summed E-state index contributed by atoms with van der Waals surface area (Å²) >= 11 is 0. The molecule has 0 radical (unpaired) electrons. The SMILES string of the molecule is CN(C)c1ccc(C(=O)N2CCC(c3ccccc3)CC2)cc1.